The Bertz CT molecular complexity index is 347. The maximum atomic E-state index is 12.3. The smallest absolute Gasteiger partial charge is 0.226 e. The number of carbonyl (C=O) groups is 1. The van der Waals surface area contributed by atoms with Crippen molar-refractivity contribution in [3.63, 3.8) is 0 Å². The summed E-state index contributed by atoms with van der Waals surface area (Å²) in [5.41, 5.74) is 0. The number of hydrogen-bond acceptors (Lipinski definition) is 4. The molecule has 1 amide bonds. The van der Waals surface area contributed by atoms with Crippen molar-refractivity contribution in [2.24, 2.45) is 11.8 Å². The van der Waals surface area contributed by atoms with Gasteiger partial charge in [-0.15, -0.1) is 0 Å². The first-order valence-corrected chi connectivity index (χ1v) is 7.18. The Balaban J connectivity index is 1.79. The Hall–Kier alpha value is -1.12. The van der Waals surface area contributed by atoms with Crippen LogP contribution >= 0.6 is 0 Å². The predicted octanol–water partition coefficient (Wildman–Crippen LogP) is 0.717. The molecule has 0 spiro atoms. The molecule has 1 heterocycles. The van der Waals surface area contributed by atoms with Crippen LogP contribution in [-0.2, 0) is 9.53 Å². The lowest BCUT2D eigenvalue weighted by atomic mass is 10.2. The lowest BCUT2D eigenvalue weighted by Gasteiger charge is -2.30. The summed E-state index contributed by atoms with van der Waals surface area (Å²) in [5.74, 6) is 0.986. The molecule has 1 aliphatic carbocycles. The van der Waals surface area contributed by atoms with Crippen LogP contribution in [0.5, 0.6) is 0 Å². The number of carbonyl (C=O) groups excluding carboxylic acids is 1. The van der Waals surface area contributed by atoms with Gasteiger partial charge in [0.05, 0.1) is 25.7 Å². The zero-order valence-corrected chi connectivity index (χ0v) is 11.7. The van der Waals surface area contributed by atoms with Crippen molar-refractivity contribution in [3.8, 4) is 6.07 Å². The van der Waals surface area contributed by atoms with Crippen LogP contribution in [-0.4, -0.2) is 61.6 Å². The van der Waals surface area contributed by atoms with Crippen LogP contribution in [0, 0.1) is 23.2 Å². The largest absolute Gasteiger partial charge is 0.379 e. The molecular weight excluding hydrogens is 242 g/mol. The van der Waals surface area contributed by atoms with Crippen molar-refractivity contribution in [2.45, 2.75) is 19.8 Å². The highest BCUT2D eigenvalue weighted by atomic mass is 16.5. The van der Waals surface area contributed by atoms with E-state index in [9.17, 15) is 4.79 Å². The molecule has 2 rings (SSSR count). The molecule has 2 unspecified atom stereocenters. The number of rotatable bonds is 6. The van der Waals surface area contributed by atoms with E-state index in [-0.39, 0.29) is 11.8 Å². The molecule has 1 aliphatic heterocycles. The van der Waals surface area contributed by atoms with Gasteiger partial charge in [-0.3, -0.25) is 9.69 Å². The molecule has 19 heavy (non-hydrogen) atoms. The molecule has 0 N–H and O–H groups in total. The van der Waals surface area contributed by atoms with Gasteiger partial charge in [0, 0.05) is 38.6 Å². The van der Waals surface area contributed by atoms with Gasteiger partial charge in [-0.1, -0.05) is 6.92 Å². The van der Waals surface area contributed by atoms with E-state index < -0.39 is 0 Å². The fraction of sp³-hybridized carbons (Fsp3) is 0.857. The highest BCUT2D eigenvalue weighted by molar-refractivity contribution is 5.81. The third-order valence-corrected chi connectivity index (χ3v) is 4.02. The summed E-state index contributed by atoms with van der Waals surface area (Å²) >= 11 is 0. The van der Waals surface area contributed by atoms with E-state index in [4.69, 9.17) is 10.00 Å². The molecule has 0 aromatic heterocycles. The SMILES string of the molecule is CC1CC1C(=O)N(CCC#N)CCN1CCOCC1. The average Bonchev–Trinajstić information content (AvgIpc) is 3.16. The lowest BCUT2D eigenvalue weighted by Crippen LogP contribution is -2.43. The van der Waals surface area contributed by atoms with E-state index in [0.29, 0.717) is 18.9 Å². The molecule has 2 atom stereocenters. The molecule has 0 aromatic rings. The molecule has 106 valence electrons. The molecular formula is C14H23N3O2. The van der Waals surface area contributed by atoms with Crippen LogP contribution in [0.25, 0.3) is 0 Å². The minimum Gasteiger partial charge on any atom is -0.379 e. The number of morpholine rings is 1. The Labute approximate surface area is 115 Å². The summed E-state index contributed by atoms with van der Waals surface area (Å²) in [4.78, 5) is 16.5. The maximum Gasteiger partial charge on any atom is 0.226 e. The Morgan fingerprint density at radius 1 is 1.42 bits per heavy atom. The standard InChI is InChI=1S/C14H23N3O2/c1-12-11-13(12)14(18)17(4-2-3-15)6-5-16-7-9-19-10-8-16/h12-13H,2,4-11H2,1H3. The first-order valence-electron chi connectivity index (χ1n) is 7.18. The molecule has 2 fully saturated rings. The first-order chi connectivity index (χ1) is 9.22. The monoisotopic (exact) mass is 265 g/mol. The second-order valence-corrected chi connectivity index (χ2v) is 5.51. The molecule has 0 aromatic carbocycles. The molecule has 5 nitrogen and oxygen atoms in total. The van der Waals surface area contributed by atoms with E-state index >= 15 is 0 Å². The Morgan fingerprint density at radius 3 is 2.68 bits per heavy atom. The third-order valence-electron chi connectivity index (χ3n) is 4.02. The van der Waals surface area contributed by atoms with E-state index in [1.807, 2.05) is 4.90 Å². The number of ether oxygens (including phenoxy) is 1. The quantitative estimate of drug-likeness (QED) is 0.710. The van der Waals surface area contributed by atoms with Crippen LogP contribution in [0.3, 0.4) is 0 Å². The summed E-state index contributed by atoms with van der Waals surface area (Å²) in [6.45, 7) is 7.78. The van der Waals surface area contributed by atoms with Gasteiger partial charge in [0.1, 0.15) is 0 Å². The maximum absolute atomic E-state index is 12.3. The summed E-state index contributed by atoms with van der Waals surface area (Å²) in [6.07, 6.45) is 1.44. The van der Waals surface area contributed by atoms with Gasteiger partial charge in [-0.25, -0.2) is 0 Å². The van der Waals surface area contributed by atoms with Gasteiger partial charge in [0.25, 0.3) is 0 Å². The molecule has 1 saturated carbocycles. The molecule has 5 heteroatoms. The van der Waals surface area contributed by atoms with Gasteiger partial charge >= 0.3 is 0 Å². The zero-order valence-electron chi connectivity index (χ0n) is 11.7. The molecule has 1 saturated heterocycles. The van der Waals surface area contributed by atoms with Gasteiger partial charge in [0.15, 0.2) is 0 Å². The summed E-state index contributed by atoms with van der Waals surface area (Å²) in [7, 11) is 0. The van der Waals surface area contributed by atoms with Gasteiger partial charge in [-0.2, -0.15) is 5.26 Å². The van der Waals surface area contributed by atoms with E-state index in [1.54, 1.807) is 0 Å². The fourth-order valence-corrected chi connectivity index (χ4v) is 2.50. The highest BCUT2D eigenvalue weighted by Gasteiger charge is 2.41. The van der Waals surface area contributed by atoms with E-state index in [1.165, 1.54) is 0 Å². The number of nitrogens with zero attached hydrogens (tertiary/aromatic N) is 3. The van der Waals surface area contributed by atoms with Gasteiger partial charge < -0.3 is 9.64 Å². The zero-order chi connectivity index (χ0) is 13.7. The Kier molecular flexibility index (Phi) is 5.17. The van der Waals surface area contributed by atoms with Crippen molar-refractivity contribution in [1.29, 1.82) is 5.26 Å². The van der Waals surface area contributed by atoms with Gasteiger partial charge in [-0.05, 0) is 12.3 Å². The molecule has 2 aliphatic rings. The van der Waals surface area contributed by atoms with E-state index in [2.05, 4.69) is 17.9 Å². The topological polar surface area (TPSA) is 56.6 Å². The first kappa shape index (κ1) is 14.3. The highest BCUT2D eigenvalue weighted by Crippen LogP contribution is 2.39. The van der Waals surface area contributed by atoms with Crippen molar-refractivity contribution in [1.82, 2.24) is 9.80 Å². The minimum absolute atomic E-state index is 0.211. The number of amides is 1. The normalized spacial score (nSPS) is 26.7. The molecule has 0 radical (unpaired) electrons. The molecule has 0 bridgehead atoms. The predicted molar refractivity (Wildman–Crippen MR) is 71.3 cm³/mol. The number of hydrogen-bond donors (Lipinski definition) is 0. The minimum atomic E-state index is 0.211. The van der Waals surface area contributed by atoms with Crippen molar-refractivity contribution in [3.05, 3.63) is 0 Å². The fourth-order valence-electron chi connectivity index (χ4n) is 2.50. The van der Waals surface area contributed by atoms with Crippen LogP contribution in [0.2, 0.25) is 0 Å². The van der Waals surface area contributed by atoms with E-state index in [0.717, 1.165) is 45.8 Å². The van der Waals surface area contributed by atoms with Gasteiger partial charge in [0.2, 0.25) is 5.91 Å². The van der Waals surface area contributed by atoms with Crippen LogP contribution in [0.4, 0.5) is 0 Å². The lowest BCUT2D eigenvalue weighted by molar-refractivity contribution is -0.133. The summed E-state index contributed by atoms with van der Waals surface area (Å²) < 4.78 is 5.32. The van der Waals surface area contributed by atoms with Crippen LogP contribution in [0.15, 0.2) is 0 Å². The second kappa shape index (κ2) is 6.88. The van der Waals surface area contributed by atoms with Crippen molar-refractivity contribution >= 4 is 5.91 Å². The Morgan fingerprint density at radius 2 is 2.11 bits per heavy atom. The summed E-state index contributed by atoms with van der Waals surface area (Å²) in [6, 6.07) is 2.13. The summed E-state index contributed by atoms with van der Waals surface area (Å²) in [5, 5.41) is 8.71. The average molecular weight is 265 g/mol. The second-order valence-electron chi connectivity index (χ2n) is 5.51. The van der Waals surface area contributed by atoms with Crippen molar-refractivity contribution < 1.29 is 9.53 Å². The van der Waals surface area contributed by atoms with Crippen LogP contribution in [0.1, 0.15) is 19.8 Å². The third kappa shape index (κ3) is 4.19. The number of nitriles is 1. The van der Waals surface area contributed by atoms with Crippen molar-refractivity contribution in [2.75, 3.05) is 45.9 Å². The van der Waals surface area contributed by atoms with Crippen LogP contribution < -0.4 is 0 Å².